The maximum Gasteiger partial charge on any atom is 0.308 e. The first-order valence-electron chi connectivity index (χ1n) is 12.5. The fourth-order valence-corrected chi connectivity index (χ4v) is 3.91. The zero-order valence-electron chi connectivity index (χ0n) is 19.3. The molecule has 2 heteroatoms. The third-order valence-corrected chi connectivity index (χ3v) is 5.84. The van der Waals surface area contributed by atoms with Crippen molar-refractivity contribution >= 4 is 5.97 Å². The zero-order valence-corrected chi connectivity index (χ0v) is 19.3. The van der Waals surface area contributed by atoms with Gasteiger partial charge in [-0.05, 0) is 44.1 Å². The minimum absolute atomic E-state index is 0.0677. The van der Waals surface area contributed by atoms with Crippen LogP contribution in [0.15, 0.2) is 30.3 Å². The predicted octanol–water partition coefficient (Wildman–Crippen LogP) is 8.28. The lowest BCUT2D eigenvalue weighted by Crippen LogP contribution is -2.18. The van der Waals surface area contributed by atoms with E-state index in [2.05, 4.69) is 44.2 Å². The second-order valence-corrected chi connectivity index (χ2v) is 8.57. The Morgan fingerprint density at radius 1 is 0.724 bits per heavy atom. The molecule has 1 aromatic carbocycles. The molecule has 0 aromatic heterocycles. The van der Waals surface area contributed by atoms with Gasteiger partial charge in [0.25, 0.3) is 0 Å². The number of carbonyl (C=O) groups is 1. The van der Waals surface area contributed by atoms with Gasteiger partial charge in [-0.3, -0.25) is 4.79 Å². The smallest absolute Gasteiger partial charge is 0.308 e. The number of benzene rings is 1. The van der Waals surface area contributed by atoms with E-state index in [0.29, 0.717) is 6.61 Å². The van der Waals surface area contributed by atoms with Gasteiger partial charge in [-0.25, -0.2) is 0 Å². The van der Waals surface area contributed by atoms with E-state index in [9.17, 15) is 4.79 Å². The Morgan fingerprint density at radius 3 is 1.93 bits per heavy atom. The number of hydrogen-bond acceptors (Lipinski definition) is 2. The van der Waals surface area contributed by atoms with Crippen LogP contribution in [-0.2, 0) is 16.0 Å². The summed E-state index contributed by atoms with van der Waals surface area (Å²) in [5.41, 5.74) is 1.40. The first-order valence-corrected chi connectivity index (χ1v) is 12.5. The summed E-state index contributed by atoms with van der Waals surface area (Å²) >= 11 is 0. The Bertz CT molecular complexity index is 483. The fourth-order valence-electron chi connectivity index (χ4n) is 3.91. The van der Waals surface area contributed by atoms with E-state index in [1.54, 1.807) is 0 Å². The highest BCUT2D eigenvalue weighted by atomic mass is 16.5. The molecule has 0 radical (unpaired) electrons. The first kappa shape index (κ1) is 25.7. The van der Waals surface area contributed by atoms with Crippen LogP contribution in [0.4, 0.5) is 0 Å². The minimum atomic E-state index is 0.0677. The van der Waals surface area contributed by atoms with E-state index in [1.165, 1.54) is 76.2 Å². The van der Waals surface area contributed by atoms with Crippen molar-refractivity contribution in [2.75, 3.05) is 6.61 Å². The molecule has 0 saturated carbocycles. The highest BCUT2D eigenvalue weighted by molar-refractivity contribution is 5.72. The molecule has 0 heterocycles. The molecular weight excluding hydrogens is 356 g/mol. The van der Waals surface area contributed by atoms with Gasteiger partial charge in [0.2, 0.25) is 0 Å². The van der Waals surface area contributed by atoms with Crippen molar-refractivity contribution in [1.82, 2.24) is 0 Å². The first-order chi connectivity index (χ1) is 14.3. The van der Waals surface area contributed by atoms with Crippen LogP contribution in [0, 0.1) is 5.92 Å². The number of ether oxygens (including phenoxy) is 1. The molecule has 0 bridgehead atoms. The van der Waals surface area contributed by atoms with Crippen molar-refractivity contribution in [2.24, 2.45) is 5.92 Å². The van der Waals surface area contributed by atoms with Gasteiger partial charge < -0.3 is 4.74 Å². The van der Waals surface area contributed by atoms with Crippen molar-refractivity contribution < 1.29 is 9.53 Å². The quantitative estimate of drug-likeness (QED) is 0.172. The van der Waals surface area contributed by atoms with Gasteiger partial charge >= 0.3 is 5.97 Å². The van der Waals surface area contributed by atoms with Crippen LogP contribution >= 0.6 is 0 Å². The second-order valence-electron chi connectivity index (χ2n) is 8.57. The molecule has 1 atom stereocenters. The summed E-state index contributed by atoms with van der Waals surface area (Å²) in [7, 11) is 0. The number of esters is 1. The monoisotopic (exact) mass is 402 g/mol. The maximum atomic E-state index is 12.6. The number of unbranched alkanes of at least 4 members (excludes halogenated alkanes) is 10. The van der Waals surface area contributed by atoms with Gasteiger partial charge in [-0.1, -0.05) is 108 Å². The van der Waals surface area contributed by atoms with Crippen LogP contribution in [0.1, 0.15) is 116 Å². The number of carbonyl (C=O) groups excluding carboxylic acids is 1. The second kappa shape index (κ2) is 18.7. The van der Waals surface area contributed by atoms with Crippen molar-refractivity contribution in [3.05, 3.63) is 35.9 Å². The number of rotatable bonds is 19. The summed E-state index contributed by atoms with van der Waals surface area (Å²) in [5.74, 6) is 0.195. The third-order valence-electron chi connectivity index (χ3n) is 5.84. The van der Waals surface area contributed by atoms with Crippen molar-refractivity contribution in [3.63, 3.8) is 0 Å². The van der Waals surface area contributed by atoms with E-state index in [1.807, 2.05) is 0 Å². The maximum absolute atomic E-state index is 12.6. The molecule has 0 spiro atoms. The summed E-state index contributed by atoms with van der Waals surface area (Å²) in [6.45, 7) is 5.08. The predicted molar refractivity (Wildman–Crippen MR) is 125 cm³/mol. The van der Waals surface area contributed by atoms with Gasteiger partial charge in [-0.15, -0.1) is 0 Å². The fraction of sp³-hybridized carbons (Fsp3) is 0.741. The highest BCUT2D eigenvalue weighted by Gasteiger charge is 2.19. The molecule has 0 fully saturated rings. The van der Waals surface area contributed by atoms with Crippen molar-refractivity contribution in [3.8, 4) is 0 Å². The highest BCUT2D eigenvalue weighted by Crippen LogP contribution is 2.20. The van der Waals surface area contributed by atoms with E-state index < -0.39 is 0 Å². The standard InChI is InChI=1S/C27H46O2/c1-3-5-7-9-10-17-23-26(22-16-8-6-4-2)27(28)29-24-18-12-15-21-25-19-13-11-14-20-25/h11,13-14,19-20,26H,3-10,12,15-18,21-24H2,1-2H3. The van der Waals surface area contributed by atoms with E-state index in [0.717, 1.165) is 32.1 Å². The molecule has 1 rings (SSSR count). The normalized spacial score (nSPS) is 12.1. The molecule has 0 aliphatic rings. The van der Waals surface area contributed by atoms with E-state index in [4.69, 9.17) is 4.74 Å². The average Bonchev–Trinajstić information content (AvgIpc) is 2.75. The molecule has 1 aromatic rings. The van der Waals surface area contributed by atoms with Gasteiger partial charge in [0, 0.05) is 0 Å². The third kappa shape index (κ3) is 14.3. The lowest BCUT2D eigenvalue weighted by Gasteiger charge is -2.16. The Balaban J connectivity index is 2.19. The molecule has 0 N–H and O–H groups in total. The number of aryl methyl sites for hydroxylation is 1. The van der Waals surface area contributed by atoms with Crippen molar-refractivity contribution in [1.29, 1.82) is 0 Å². The molecule has 0 aliphatic heterocycles. The lowest BCUT2D eigenvalue weighted by molar-refractivity contribution is -0.149. The molecular formula is C27H46O2. The summed E-state index contributed by atoms with van der Waals surface area (Å²) in [4.78, 5) is 12.6. The van der Waals surface area contributed by atoms with Gasteiger partial charge in [0.1, 0.15) is 0 Å². The Morgan fingerprint density at radius 2 is 1.28 bits per heavy atom. The largest absolute Gasteiger partial charge is 0.465 e. The van der Waals surface area contributed by atoms with E-state index >= 15 is 0 Å². The SMILES string of the molecule is CCCCCCCCC(CCCCCC)C(=O)OCCCCCc1ccccc1. The van der Waals surface area contributed by atoms with Crippen LogP contribution in [0.25, 0.3) is 0 Å². The average molecular weight is 403 g/mol. The van der Waals surface area contributed by atoms with E-state index in [-0.39, 0.29) is 11.9 Å². The Labute approximate surface area is 180 Å². The summed E-state index contributed by atoms with van der Waals surface area (Å²) in [6, 6.07) is 10.6. The van der Waals surface area contributed by atoms with Crippen molar-refractivity contribution in [2.45, 2.75) is 117 Å². The zero-order chi connectivity index (χ0) is 21.0. The molecule has 0 saturated heterocycles. The molecule has 0 amide bonds. The summed E-state index contributed by atoms with van der Waals surface area (Å²) in [5, 5.41) is 0. The Kier molecular flexibility index (Phi) is 16.6. The van der Waals surface area contributed by atoms with Gasteiger partial charge in [0.05, 0.1) is 12.5 Å². The Hall–Kier alpha value is -1.31. The molecule has 1 unspecified atom stereocenters. The molecule has 0 aliphatic carbocycles. The van der Waals surface area contributed by atoms with Gasteiger partial charge in [-0.2, -0.15) is 0 Å². The van der Waals surface area contributed by atoms with Crippen LogP contribution in [-0.4, -0.2) is 12.6 Å². The van der Waals surface area contributed by atoms with Crippen LogP contribution in [0.5, 0.6) is 0 Å². The summed E-state index contributed by atoms with van der Waals surface area (Å²) in [6.07, 6.45) is 19.1. The van der Waals surface area contributed by atoms with Crippen LogP contribution in [0.3, 0.4) is 0 Å². The lowest BCUT2D eigenvalue weighted by atomic mass is 9.94. The van der Waals surface area contributed by atoms with Crippen LogP contribution < -0.4 is 0 Å². The molecule has 2 nitrogen and oxygen atoms in total. The topological polar surface area (TPSA) is 26.3 Å². The van der Waals surface area contributed by atoms with Gasteiger partial charge in [0.15, 0.2) is 0 Å². The van der Waals surface area contributed by atoms with Crippen LogP contribution in [0.2, 0.25) is 0 Å². The minimum Gasteiger partial charge on any atom is -0.465 e. The summed E-state index contributed by atoms with van der Waals surface area (Å²) < 4.78 is 5.67. The molecule has 166 valence electrons. The molecule has 29 heavy (non-hydrogen) atoms. The number of hydrogen-bond donors (Lipinski definition) is 0.